The van der Waals surface area contributed by atoms with E-state index in [1.54, 1.807) is 12.5 Å². The normalized spacial score (nSPS) is 16.4. The molecule has 280 valence electrons. The summed E-state index contributed by atoms with van der Waals surface area (Å²) in [5, 5.41) is 8.00. The van der Waals surface area contributed by atoms with Gasteiger partial charge in [-0.3, -0.25) is 0 Å². The maximum absolute atomic E-state index is 12.5. The minimum atomic E-state index is -4.49. The fourth-order valence-electron chi connectivity index (χ4n) is 7.72. The number of benzene rings is 4. The summed E-state index contributed by atoms with van der Waals surface area (Å²) >= 11 is 3.68. The van der Waals surface area contributed by atoms with E-state index in [2.05, 4.69) is 32.2 Å². The zero-order chi connectivity index (χ0) is 37.8. The van der Waals surface area contributed by atoms with Gasteiger partial charge in [0.15, 0.2) is 5.58 Å². The molecule has 5 heterocycles. The molecule has 2 aromatic heterocycles. The van der Waals surface area contributed by atoms with Crippen molar-refractivity contribution in [3.05, 3.63) is 104 Å². The number of alkyl halides is 3. The van der Waals surface area contributed by atoms with E-state index in [0.717, 1.165) is 90.1 Å². The van der Waals surface area contributed by atoms with Gasteiger partial charge in [0.05, 0.1) is 37.1 Å². The highest BCUT2D eigenvalue weighted by Gasteiger charge is 2.65. The van der Waals surface area contributed by atoms with Gasteiger partial charge in [0.25, 0.3) is 0 Å². The molecule has 0 bridgehead atoms. The van der Waals surface area contributed by atoms with Crippen molar-refractivity contribution in [3.8, 4) is 11.5 Å². The summed E-state index contributed by atoms with van der Waals surface area (Å²) < 4.78 is 60.3. The van der Waals surface area contributed by atoms with Crippen LogP contribution in [0.4, 0.5) is 35.9 Å². The Hall–Kier alpha value is -5.37. The molecule has 54 heavy (non-hydrogen) atoms. The summed E-state index contributed by atoms with van der Waals surface area (Å²) in [5.74, 6) is 1.98. The minimum Gasteiger partial charge on any atom is -0.493 e. The summed E-state index contributed by atoms with van der Waals surface area (Å²) in [4.78, 5) is 0. The standard InChI is InChI=1S/C11H12BrNO.C11H13NO.C10H7NO2.C8H6F3N3/c12-9-6-2-1-3-7(6)10(13)11-8(9)4-5-14-11;12-11-8-3-1-2-7(8)6-10-9(11)4-5-13-10;11-9-7-2-4-12-8(7)5-6-1-3-13-10(6)9;9-8(10,11)7(13-14-7)5-2-1-3-6(12)4-5/h1-5,13H2;6H,1-5,12H2;1-5H,11H2;1-4H,12H2. The van der Waals surface area contributed by atoms with Crippen molar-refractivity contribution < 1.29 is 31.5 Å². The Bertz CT molecular complexity index is 2280. The number of nitrogens with zero attached hydrogens (tertiary/aromatic N) is 2. The van der Waals surface area contributed by atoms with Gasteiger partial charge in [-0.05, 0) is 97.2 Å². The van der Waals surface area contributed by atoms with Gasteiger partial charge in [0.2, 0.25) is 0 Å². The van der Waals surface area contributed by atoms with Crippen molar-refractivity contribution in [2.75, 3.05) is 36.1 Å². The fraction of sp³-hybridized carbons (Fsp3) is 0.300. The molecular weight excluding hydrogens is 765 g/mol. The predicted octanol–water partition coefficient (Wildman–Crippen LogP) is 9.36. The quantitative estimate of drug-likeness (QED) is 0.119. The lowest BCUT2D eigenvalue weighted by molar-refractivity contribution is -0.166. The first-order valence-electron chi connectivity index (χ1n) is 17.8. The van der Waals surface area contributed by atoms with Gasteiger partial charge in [-0.1, -0.05) is 28.1 Å². The van der Waals surface area contributed by atoms with Crippen LogP contribution in [0.1, 0.15) is 51.8 Å². The molecule has 6 aromatic rings. The number of furan rings is 2. The number of halogens is 4. The van der Waals surface area contributed by atoms with Gasteiger partial charge < -0.3 is 41.2 Å². The number of hydrogen-bond donors (Lipinski definition) is 4. The SMILES string of the molecule is Nc1c2c(c(Br)c3c1OCC3)CCC2.Nc1c2c(cc3c1CCO3)CCC2.Nc1c2ccoc2cc2ccoc12.Nc1cccc(C2(C(F)(F)F)N=N2)c1. The van der Waals surface area contributed by atoms with Crippen LogP contribution >= 0.6 is 15.9 Å². The second-order valence-electron chi connectivity index (χ2n) is 13.8. The Kier molecular flexibility index (Phi) is 9.11. The highest BCUT2D eigenvalue weighted by atomic mass is 79.9. The van der Waals surface area contributed by atoms with Crippen molar-refractivity contribution in [2.24, 2.45) is 10.2 Å². The second kappa shape index (κ2) is 13.8. The van der Waals surface area contributed by atoms with Crippen molar-refractivity contribution in [2.45, 2.75) is 63.2 Å². The predicted molar refractivity (Wildman–Crippen MR) is 206 cm³/mol. The largest absolute Gasteiger partial charge is 0.493 e. The van der Waals surface area contributed by atoms with Crippen LogP contribution in [0.2, 0.25) is 0 Å². The molecule has 10 nitrogen and oxygen atoms in total. The summed E-state index contributed by atoms with van der Waals surface area (Å²) in [7, 11) is 0. The first-order valence-corrected chi connectivity index (χ1v) is 18.6. The lowest BCUT2D eigenvalue weighted by Crippen LogP contribution is -2.30. The molecule has 3 aliphatic heterocycles. The third-order valence-electron chi connectivity index (χ3n) is 10.5. The zero-order valence-corrected chi connectivity index (χ0v) is 30.8. The Balaban J connectivity index is 0.000000102. The maximum Gasteiger partial charge on any atom is 0.442 e. The molecular formula is C40H38BrF3N6O4. The van der Waals surface area contributed by atoms with Crippen molar-refractivity contribution in [3.63, 3.8) is 0 Å². The van der Waals surface area contributed by atoms with E-state index in [0.29, 0.717) is 5.69 Å². The second-order valence-corrected chi connectivity index (χ2v) is 14.6. The first kappa shape index (κ1) is 35.6. The van der Waals surface area contributed by atoms with Crippen molar-refractivity contribution in [1.82, 2.24) is 0 Å². The maximum atomic E-state index is 12.5. The van der Waals surface area contributed by atoms with Crippen LogP contribution < -0.4 is 32.4 Å². The zero-order valence-electron chi connectivity index (χ0n) is 29.2. The van der Waals surface area contributed by atoms with E-state index in [-0.39, 0.29) is 11.3 Å². The molecule has 0 fully saturated rings. The lowest BCUT2D eigenvalue weighted by Gasteiger charge is -2.14. The molecule has 5 aliphatic rings. The number of fused-ring (bicyclic) bond motifs is 6. The molecule has 8 N–H and O–H groups in total. The summed E-state index contributed by atoms with van der Waals surface area (Å²) in [6.07, 6.45) is 7.83. The highest BCUT2D eigenvalue weighted by molar-refractivity contribution is 9.10. The van der Waals surface area contributed by atoms with E-state index in [1.165, 1.54) is 81.4 Å². The third-order valence-corrected chi connectivity index (χ3v) is 11.5. The number of hydrogen-bond acceptors (Lipinski definition) is 10. The molecule has 0 atom stereocenters. The van der Waals surface area contributed by atoms with E-state index in [9.17, 15) is 13.2 Å². The number of ether oxygens (including phenoxy) is 2. The van der Waals surface area contributed by atoms with Crippen LogP contribution in [0.3, 0.4) is 0 Å². The van der Waals surface area contributed by atoms with Gasteiger partial charge >= 0.3 is 11.8 Å². The molecule has 0 saturated carbocycles. The monoisotopic (exact) mass is 802 g/mol. The van der Waals surface area contributed by atoms with Crippen LogP contribution in [0.15, 0.2) is 84.6 Å². The van der Waals surface area contributed by atoms with Crippen LogP contribution in [0, 0.1) is 0 Å². The Morgan fingerprint density at radius 3 is 2.19 bits per heavy atom. The first-order chi connectivity index (χ1) is 26.0. The Morgan fingerprint density at radius 1 is 0.685 bits per heavy atom. The summed E-state index contributed by atoms with van der Waals surface area (Å²) in [5.41, 5.74) is 33.5. The topological polar surface area (TPSA) is 174 Å². The Labute approximate surface area is 316 Å². The van der Waals surface area contributed by atoms with Crippen LogP contribution in [0.25, 0.3) is 21.9 Å². The fourth-order valence-corrected chi connectivity index (χ4v) is 8.54. The van der Waals surface area contributed by atoms with Gasteiger partial charge in [-0.15, -0.1) is 10.2 Å². The summed E-state index contributed by atoms with van der Waals surface area (Å²) in [6, 6.07) is 13.3. The molecule has 4 aromatic carbocycles. The molecule has 0 radical (unpaired) electrons. The molecule has 11 rings (SSSR count). The molecule has 0 unspecified atom stereocenters. The van der Waals surface area contributed by atoms with Crippen molar-refractivity contribution in [1.29, 1.82) is 0 Å². The van der Waals surface area contributed by atoms with E-state index < -0.39 is 11.8 Å². The van der Waals surface area contributed by atoms with Crippen LogP contribution in [-0.2, 0) is 44.2 Å². The van der Waals surface area contributed by atoms with Gasteiger partial charge in [0, 0.05) is 56.2 Å². The molecule has 0 amide bonds. The molecule has 14 heteroatoms. The minimum absolute atomic E-state index is 0.0370. The number of rotatable bonds is 1. The van der Waals surface area contributed by atoms with E-state index in [1.807, 2.05) is 18.2 Å². The number of anilines is 4. The van der Waals surface area contributed by atoms with Crippen LogP contribution in [0.5, 0.6) is 11.5 Å². The molecule has 2 aliphatic carbocycles. The number of aryl methyl sites for hydroxylation is 1. The van der Waals surface area contributed by atoms with Crippen LogP contribution in [-0.4, -0.2) is 19.4 Å². The smallest absolute Gasteiger partial charge is 0.442 e. The van der Waals surface area contributed by atoms with E-state index >= 15 is 0 Å². The Morgan fingerprint density at radius 2 is 1.41 bits per heavy atom. The molecule has 0 spiro atoms. The summed E-state index contributed by atoms with van der Waals surface area (Å²) in [6.45, 7) is 1.59. The number of nitrogen functional groups attached to an aromatic ring is 4. The van der Waals surface area contributed by atoms with Gasteiger partial charge in [-0.2, -0.15) is 13.2 Å². The molecule has 0 saturated heterocycles. The van der Waals surface area contributed by atoms with Gasteiger partial charge in [0.1, 0.15) is 17.1 Å². The average Bonchev–Trinajstić information content (AvgIpc) is 3.90. The lowest BCUT2D eigenvalue weighted by atomic mass is 10.0. The van der Waals surface area contributed by atoms with Crippen molar-refractivity contribution >= 4 is 60.6 Å². The highest BCUT2D eigenvalue weighted by Crippen LogP contribution is 2.52. The van der Waals surface area contributed by atoms with Gasteiger partial charge in [-0.25, -0.2) is 0 Å². The average molecular weight is 804 g/mol. The third kappa shape index (κ3) is 6.25. The van der Waals surface area contributed by atoms with E-state index in [4.69, 9.17) is 41.2 Å². The number of nitrogens with two attached hydrogens (primary N) is 4.